The van der Waals surface area contributed by atoms with Gasteiger partial charge < -0.3 is 15.2 Å². The third-order valence-electron chi connectivity index (χ3n) is 1.63. The fourth-order valence-electron chi connectivity index (χ4n) is 0.615. The predicted molar refractivity (Wildman–Crippen MR) is 39.8 cm³/mol. The third-order valence-corrected chi connectivity index (χ3v) is 1.63. The smallest absolute Gasteiger partial charge is 0.152 e. The van der Waals surface area contributed by atoms with E-state index in [9.17, 15) is 9.90 Å². The highest BCUT2D eigenvalue weighted by atomic mass is 16.3. The van der Waals surface area contributed by atoms with Crippen molar-refractivity contribution in [3.05, 3.63) is 0 Å². The summed E-state index contributed by atoms with van der Waals surface area (Å²) < 4.78 is 0. The highest BCUT2D eigenvalue weighted by Gasteiger charge is 2.26. The Hall–Kier alpha value is -0.410. The quantitative estimate of drug-likeness (QED) is 0.545. The van der Waals surface area contributed by atoms with E-state index in [4.69, 9.17) is 0 Å². The van der Waals surface area contributed by atoms with E-state index in [0.717, 1.165) is 6.54 Å². The number of likely N-dealkylation sites (N-methyl/N-ethyl adjacent to an activating group) is 1. The number of rotatable bonds is 4. The average Bonchev–Trinajstić information content (AvgIpc) is 1.89. The van der Waals surface area contributed by atoms with Crippen LogP contribution in [0.2, 0.25) is 0 Å². The topological polar surface area (TPSA) is 49.3 Å². The predicted octanol–water partition coefficient (Wildman–Crippen LogP) is -0.0657. The molecule has 0 aliphatic carbocycles. The van der Waals surface area contributed by atoms with Crippen LogP contribution >= 0.6 is 0 Å². The summed E-state index contributed by atoms with van der Waals surface area (Å²) in [5.74, 6) is 0. The van der Waals surface area contributed by atoms with Crippen molar-refractivity contribution in [2.45, 2.75) is 32.4 Å². The van der Waals surface area contributed by atoms with Crippen molar-refractivity contribution in [3.8, 4) is 0 Å². The van der Waals surface area contributed by atoms with E-state index in [0.29, 0.717) is 6.29 Å². The minimum Gasteiger partial charge on any atom is -0.381 e. The summed E-state index contributed by atoms with van der Waals surface area (Å²) in [4.78, 5) is 10.3. The van der Waals surface area contributed by atoms with Crippen LogP contribution in [0.3, 0.4) is 0 Å². The lowest BCUT2D eigenvalue weighted by atomic mass is 10.0. The maximum absolute atomic E-state index is 10.3. The van der Waals surface area contributed by atoms with Gasteiger partial charge in [0.05, 0.1) is 0 Å². The van der Waals surface area contributed by atoms with Crippen LogP contribution in [0.1, 0.15) is 20.8 Å². The third kappa shape index (κ3) is 2.45. The molecular weight excluding hydrogens is 130 g/mol. The van der Waals surface area contributed by atoms with Crippen LogP contribution in [-0.2, 0) is 4.79 Å². The van der Waals surface area contributed by atoms with Crippen LogP contribution in [0.25, 0.3) is 0 Å². The first-order valence-corrected chi connectivity index (χ1v) is 3.46. The molecule has 0 aliphatic heterocycles. The standard InChI is InChI=1S/C7H15NO2/c1-4-8-6(2)7(3,10)5-9/h5-6,8,10H,4H2,1-3H3. The van der Waals surface area contributed by atoms with Gasteiger partial charge in [0, 0.05) is 6.04 Å². The summed E-state index contributed by atoms with van der Waals surface area (Å²) in [6.45, 7) is 5.95. The average molecular weight is 145 g/mol. The summed E-state index contributed by atoms with van der Waals surface area (Å²) >= 11 is 0. The molecule has 0 saturated heterocycles. The van der Waals surface area contributed by atoms with E-state index in [1.807, 2.05) is 6.92 Å². The zero-order chi connectivity index (χ0) is 8.20. The molecule has 0 heterocycles. The van der Waals surface area contributed by atoms with Crippen molar-refractivity contribution in [3.63, 3.8) is 0 Å². The minimum absolute atomic E-state index is 0.185. The molecule has 3 nitrogen and oxygen atoms in total. The first kappa shape index (κ1) is 9.59. The van der Waals surface area contributed by atoms with E-state index < -0.39 is 5.60 Å². The van der Waals surface area contributed by atoms with E-state index in [-0.39, 0.29) is 6.04 Å². The second kappa shape index (κ2) is 3.68. The van der Waals surface area contributed by atoms with Crippen LogP contribution in [-0.4, -0.2) is 29.6 Å². The van der Waals surface area contributed by atoms with Gasteiger partial charge >= 0.3 is 0 Å². The molecule has 0 saturated carbocycles. The number of nitrogens with one attached hydrogen (secondary N) is 1. The molecule has 0 bridgehead atoms. The van der Waals surface area contributed by atoms with Gasteiger partial charge in [-0.05, 0) is 20.4 Å². The molecule has 10 heavy (non-hydrogen) atoms. The number of carbonyl (C=O) groups is 1. The Kier molecular flexibility index (Phi) is 3.53. The van der Waals surface area contributed by atoms with Gasteiger partial charge in [-0.3, -0.25) is 0 Å². The summed E-state index contributed by atoms with van der Waals surface area (Å²) in [5.41, 5.74) is -1.24. The van der Waals surface area contributed by atoms with Crippen LogP contribution in [0.15, 0.2) is 0 Å². The lowest BCUT2D eigenvalue weighted by Crippen LogP contribution is -2.47. The number of hydrogen-bond acceptors (Lipinski definition) is 3. The maximum atomic E-state index is 10.3. The first-order chi connectivity index (χ1) is 4.54. The van der Waals surface area contributed by atoms with E-state index in [1.54, 1.807) is 6.92 Å². The molecule has 0 aromatic heterocycles. The Morgan fingerprint density at radius 3 is 2.60 bits per heavy atom. The second-order valence-corrected chi connectivity index (χ2v) is 2.62. The SMILES string of the molecule is CCNC(C)C(C)(O)C=O. The van der Waals surface area contributed by atoms with Crippen LogP contribution in [0.4, 0.5) is 0 Å². The first-order valence-electron chi connectivity index (χ1n) is 3.46. The van der Waals surface area contributed by atoms with Gasteiger partial charge in [0.2, 0.25) is 0 Å². The van der Waals surface area contributed by atoms with Crippen LogP contribution in [0, 0.1) is 0 Å². The number of hydrogen-bond donors (Lipinski definition) is 2. The molecule has 0 aromatic carbocycles. The second-order valence-electron chi connectivity index (χ2n) is 2.62. The fraction of sp³-hybridized carbons (Fsp3) is 0.857. The number of aliphatic hydroxyl groups is 1. The highest BCUT2D eigenvalue weighted by molar-refractivity contribution is 5.62. The number of carbonyl (C=O) groups excluding carboxylic acids is 1. The molecule has 3 heteroatoms. The Bertz CT molecular complexity index is 112. The van der Waals surface area contributed by atoms with Gasteiger partial charge in [0.15, 0.2) is 6.29 Å². The summed E-state index contributed by atoms with van der Waals surface area (Å²) in [6, 6.07) is -0.185. The summed E-state index contributed by atoms with van der Waals surface area (Å²) in [7, 11) is 0. The van der Waals surface area contributed by atoms with Crippen molar-refractivity contribution < 1.29 is 9.90 Å². The zero-order valence-corrected chi connectivity index (χ0v) is 6.72. The van der Waals surface area contributed by atoms with Gasteiger partial charge in [-0.1, -0.05) is 6.92 Å². The molecule has 60 valence electrons. The summed E-state index contributed by atoms with van der Waals surface area (Å²) in [5, 5.41) is 12.2. The fourth-order valence-corrected chi connectivity index (χ4v) is 0.615. The molecule has 0 aliphatic rings. The Balaban J connectivity index is 3.90. The minimum atomic E-state index is -1.24. The molecule has 0 amide bonds. The van der Waals surface area contributed by atoms with Gasteiger partial charge in [-0.25, -0.2) is 0 Å². The largest absolute Gasteiger partial charge is 0.381 e. The van der Waals surface area contributed by atoms with E-state index >= 15 is 0 Å². The van der Waals surface area contributed by atoms with Crippen molar-refractivity contribution in [2.24, 2.45) is 0 Å². The molecule has 2 N–H and O–H groups in total. The number of aldehydes is 1. The van der Waals surface area contributed by atoms with Gasteiger partial charge in [0.25, 0.3) is 0 Å². The van der Waals surface area contributed by atoms with Crippen molar-refractivity contribution in [1.82, 2.24) is 5.32 Å². The normalized spacial score (nSPS) is 19.6. The Morgan fingerprint density at radius 2 is 2.30 bits per heavy atom. The van der Waals surface area contributed by atoms with Gasteiger partial charge in [0.1, 0.15) is 5.60 Å². The van der Waals surface area contributed by atoms with Crippen molar-refractivity contribution in [1.29, 1.82) is 0 Å². The van der Waals surface area contributed by atoms with Gasteiger partial charge in [-0.2, -0.15) is 0 Å². The molecule has 0 spiro atoms. The monoisotopic (exact) mass is 145 g/mol. The lowest BCUT2D eigenvalue weighted by Gasteiger charge is -2.24. The molecular formula is C7H15NO2. The highest BCUT2D eigenvalue weighted by Crippen LogP contribution is 2.04. The van der Waals surface area contributed by atoms with Crippen LogP contribution < -0.4 is 5.32 Å². The van der Waals surface area contributed by atoms with Crippen molar-refractivity contribution in [2.75, 3.05) is 6.54 Å². The van der Waals surface area contributed by atoms with Crippen LogP contribution in [0.5, 0.6) is 0 Å². The molecule has 2 unspecified atom stereocenters. The van der Waals surface area contributed by atoms with Crippen molar-refractivity contribution >= 4 is 6.29 Å². The van der Waals surface area contributed by atoms with Gasteiger partial charge in [-0.15, -0.1) is 0 Å². The molecule has 0 radical (unpaired) electrons. The summed E-state index contributed by atoms with van der Waals surface area (Å²) in [6.07, 6.45) is 0.556. The Morgan fingerprint density at radius 1 is 1.80 bits per heavy atom. The molecule has 2 atom stereocenters. The van der Waals surface area contributed by atoms with E-state index in [2.05, 4.69) is 5.32 Å². The van der Waals surface area contributed by atoms with E-state index in [1.165, 1.54) is 6.92 Å². The zero-order valence-electron chi connectivity index (χ0n) is 6.72. The molecule has 0 aromatic rings. The maximum Gasteiger partial charge on any atom is 0.152 e. The Labute approximate surface area is 61.4 Å². The molecule has 0 rings (SSSR count). The lowest BCUT2D eigenvalue weighted by molar-refractivity contribution is -0.124. The molecule has 0 fully saturated rings.